The van der Waals surface area contributed by atoms with E-state index in [4.69, 9.17) is 15.2 Å². The second-order valence-corrected chi connectivity index (χ2v) is 9.80. The molecule has 0 spiro atoms. The molecule has 1 fully saturated rings. The van der Waals surface area contributed by atoms with Gasteiger partial charge in [0.2, 0.25) is 11.8 Å². The Hall–Kier alpha value is -2.98. The Morgan fingerprint density at radius 1 is 1.18 bits per heavy atom. The van der Waals surface area contributed by atoms with Crippen LogP contribution in [0.2, 0.25) is 0 Å². The number of alkyl halides is 1. The number of anilines is 1. The van der Waals surface area contributed by atoms with Gasteiger partial charge >= 0.3 is 5.97 Å². The van der Waals surface area contributed by atoms with Crippen molar-refractivity contribution in [2.75, 3.05) is 38.4 Å². The lowest BCUT2D eigenvalue weighted by atomic mass is 9.96. The number of esters is 1. The molecule has 3 rings (SSSR count). The predicted octanol–water partition coefficient (Wildman–Crippen LogP) is 4.17. The second kappa shape index (κ2) is 14.8. The number of benzene rings is 1. The normalized spacial score (nSPS) is 16.9. The number of aromatic amines is 1. The minimum absolute atomic E-state index is 0.0236. The number of nitrogens with two attached hydrogens (primary N) is 1. The van der Waals surface area contributed by atoms with Gasteiger partial charge in [-0.25, -0.2) is 9.18 Å². The zero-order valence-corrected chi connectivity index (χ0v) is 22.5. The lowest BCUT2D eigenvalue weighted by Crippen LogP contribution is -2.45. The van der Waals surface area contributed by atoms with Gasteiger partial charge < -0.3 is 30.4 Å². The molecule has 0 aliphatic carbocycles. The number of rotatable bonds is 15. The van der Waals surface area contributed by atoms with E-state index in [2.05, 4.69) is 10.3 Å². The van der Waals surface area contributed by atoms with Crippen LogP contribution < -0.4 is 11.1 Å². The standard InChI is InChI=1S/C28H41FN4O5/c1-3-19(8-5-9-21(30)18-29)27(35)33-13-6-10-25(33)26(34)31-22-11-12-23-20(16-22)17-24(32-23)28(36)38-15-7-14-37-4-2/h11-12,16-17,19,21,25,32H,3-10,13-15,18,30H2,1-2H3,(H,31,34)/t19-,21?,25+/m1/s1. The predicted molar refractivity (Wildman–Crippen MR) is 145 cm³/mol. The van der Waals surface area contributed by atoms with E-state index in [1.54, 1.807) is 29.2 Å². The summed E-state index contributed by atoms with van der Waals surface area (Å²) >= 11 is 0. The van der Waals surface area contributed by atoms with Crippen molar-refractivity contribution in [3.8, 4) is 0 Å². The number of hydrogen-bond acceptors (Lipinski definition) is 6. The monoisotopic (exact) mass is 532 g/mol. The first kappa shape index (κ1) is 29.6. The first-order valence-electron chi connectivity index (χ1n) is 13.7. The van der Waals surface area contributed by atoms with Gasteiger partial charge in [-0.3, -0.25) is 9.59 Å². The van der Waals surface area contributed by atoms with Crippen molar-refractivity contribution in [1.82, 2.24) is 9.88 Å². The first-order chi connectivity index (χ1) is 18.4. The third-order valence-corrected chi connectivity index (χ3v) is 6.98. The summed E-state index contributed by atoms with van der Waals surface area (Å²) in [6.45, 7) is 5.29. The summed E-state index contributed by atoms with van der Waals surface area (Å²) in [6.07, 6.45) is 4.51. The van der Waals surface area contributed by atoms with Crippen molar-refractivity contribution < 1.29 is 28.2 Å². The number of amides is 2. The van der Waals surface area contributed by atoms with Gasteiger partial charge in [0, 0.05) is 54.7 Å². The van der Waals surface area contributed by atoms with Gasteiger partial charge in [-0.1, -0.05) is 13.3 Å². The summed E-state index contributed by atoms with van der Waals surface area (Å²) in [4.78, 5) is 43.5. The van der Waals surface area contributed by atoms with Crippen LogP contribution in [0.4, 0.5) is 10.1 Å². The van der Waals surface area contributed by atoms with Gasteiger partial charge in [0.15, 0.2) is 0 Å². The Labute approximate surface area is 223 Å². The number of aromatic nitrogens is 1. The molecular formula is C28H41FN4O5. The number of nitrogens with zero attached hydrogens (tertiary/aromatic N) is 1. The fourth-order valence-corrected chi connectivity index (χ4v) is 4.84. The maximum atomic E-state index is 13.2. The van der Waals surface area contributed by atoms with E-state index in [9.17, 15) is 18.8 Å². The van der Waals surface area contributed by atoms with E-state index < -0.39 is 24.7 Å². The fourth-order valence-electron chi connectivity index (χ4n) is 4.84. The van der Waals surface area contributed by atoms with Crippen molar-refractivity contribution in [1.29, 1.82) is 0 Å². The molecule has 1 aromatic heterocycles. The second-order valence-electron chi connectivity index (χ2n) is 9.80. The summed E-state index contributed by atoms with van der Waals surface area (Å²) in [7, 11) is 0. The largest absolute Gasteiger partial charge is 0.461 e. The van der Waals surface area contributed by atoms with Crippen LogP contribution in [0.1, 0.15) is 69.3 Å². The highest BCUT2D eigenvalue weighted by atomic mass is 19.1. The zero-order valence-electron chi connectivity index (χ0n) is 22.5. The molecule has 0 bridgehead atoms. The number of H-pyrrole nitrogens is 1. The van der Waals surface area contributed by atoms with E-state index >= 15 is 0 Å². The first-order valence-corrected chi connectivity index (χ1v) is 13.7. The Morgan fingerprint density at radius 2 is 2.00 bits per heavy atom. The Kier molecular flexibility index (Phi) is 11.5. The molecule has 4 N–H and O–H groups in total. The molecule has 2 heterocycles. The van der Waals surface area contributed by atoms with Crippen LogP contribution in [0.25, 0.3) is 10.9 Å². The van der Waals surface area contributed by atoms with E-state index in [1.165, 1.54) is 0 Å². The summed E-state index contributed by atoms with van der Waals surface area (Å²) in [5, 5.41) is 3.71. The lowest BCUT2D eigenvalue weighted by Gasteiger charge is -2.28. The number of carbonyl (C=O) groups excluding carboxylic acids is 3. The molecule has 1 aliphatic heterocycles. The number of likely N-dealkylation sites (tertiary alicyclic amines) is 1. The molecule has 10 heteroatoms. The molecule has 1 saturated heterocycles. The molecule has 1 aliphatic rings. The van der Waals surface area contributed by atoms with Crippen molar-refractivity contribution in [2.24, 2.45) is 11.7 Å². The molecule has 1 unspecified atom stereocenters. The number of fused-ring (bicyclic) bond motifs is 1. The van der Waals surface area contributed by atoms with Gasteiger partial charge in [0.25, 0.3) is 0 Å². The Balaban J connectivity index is 1.58. The summed E-state index contributed by atoms with van der Waals surface area (Å²) in [5.41, 5.74) is 7.34. The minimum atomic E-state index is -0.561. The van der Waals surface area contributed by atoms with Gasteiger partial charge in [-0.15, -0.1) is 0 Å². The molecular weight excluding hydrogens is 491 g/mol. The van der Waals surface area contributed by atoms with Gasteiger partial charge in [-0.05, 0) is 63.3 Å². The van der Waals surface area contributed by atoms with E-state index in [1.807, 2.05) is 13.8 Å². The third-order valence-electron chi connectivity index (χ3n) is 6.98. The topological polar surface area (TPSA) is 127 Å². The molecule has 2 aromatic rings. The van der Waals surface area contributed by atoms with Gasteiger partial charge in [-0.2, -0.15) is 0 Å². The summed E-state index contributed by atoms with van der Waals surface area (Å²) in [6, 6.07) is 6.02. The number of nitrogens with one attached hydrogen (secondary N) is 2. The molecule has 210 valence electrons. The molecule has 2 amide bonds. The van der Waals surface area contributed by atoms with Crippen LogP contribution >= 0.6 is 0 Å². The zero-order chi connectivity index (χ0) is 27.5. The molecule has 0 saturated carbocycles. The summed E-state index contributed by atoms with van der Waals surface area (Å²) in [5.74, 6) is -0.900. The molecule has 0 radical (unpaired) electrons. The van der Waals surface area contributed by atoms with Crippen LogP contribution in [0.15, 0.2) is 24.3 Å². The third kappa shape index (κ3) is 8.01. The number of hydrogen-bond donors (Lipinski definition) is 3. The highest BCUT2D eigenvalue weighted by Crippen LogP contribution is 2.26. The smallest absolute Gasteiger partial charge is 0.354 e. The van der Waals surface area contributed by atoms with Crippen LogP contribution in [0.3, 0.4) is 0 Å². The van der Waals surface area contributed by atoms with Crippen molar-refractivity contribution in [3.05, 3.63) is 30.0 Å². The minimum Gasteiger partial charge on any atom is -0.461 e. The average molecular weight is 533 g/mol. The number of ether oxygens (including phenoxy) is 2. The van der Waals surface area contributed by atoms with Crippen molar-refractivity contribution in [3.63, 3.8) is 0 Å². The fraction of sp³-hybridized carbons (Fsp3) is 0.607. The Bertz CT molecular complexity index is 1070. The molecule has 38 heavy (non-hydrogen) atoms. The van der Waals surface area contributed by atoms with E-state index in [0.29, 0.717) is 69.7 Å². The number of halogens is 1. The van der Waals surface area contributed by atoms with Crippen LogP contribution in [-0.4, -0.2) is 72.8 Å². The lowest BCUT2D eigenvalue weighted by molar-refractivity contribution is -0.140. The SMILES string of the molecule is CCOCCCOC(=O)c1cc2cc(NC(=O)[C@@H]3CCCN3C(=O)[C@H](CC)CCCC(N)CF)ccc2[nH]1. The maximum Gasteiger partial charge on any atom is 0.354 e. The molecule has 3 atom stereocenters. The van der Waals surface area contributed by atoms with E-state index in [-0.39, 0.29) is 24.3 Å². The summed E-state index contributed by atoms with van der Waals surface area (Å²) < 4.78 is 23.2. The molecule has 9 nitrogen and oxygen atoms in total. The maximum absolute atomic E-state index is 13.2. The highest BCUT2D eigenvalue weighted by molar-refractivity contribution is 6.00. The van der Waals surface area contributed by atoms with Gasteiger partial charge in [0.1, 0.15) is 18.4 Å². The van der Waals surface area contributed by atoms with E-state index in [0.717, 1.165) is 17.3 Å². The average Bonchev–Trinajstić information content (AvgIpc) is 3.58. The van der Waals surface area contributed by atoms with Gasteiger partial charge in [0.05, 0.1) is 6.61 Å². The van der Waals surface area contributed by atoms with Crippen molar-refractivity contribution >= 4 is 34.4 Å². The number of carbonyl (C=O) groups is 3. The van der Waals surface area contributed by atoms with Crippen LogP contribution in [0.5, 0.6) is 0 Å². The molecule has 1 aromatic carbocycles. The Morgan fingerprint density at radius 3 is 2.74 bits per heavy atom. The quantitative estimate of drug-likeness (QED) is 0.233. The van der Waals surface area contributed by atoms with Crippen LogP contribution in [-0.2, 0) is 19.1 Å². The highest BCUT2D eigenvalue weighted by Gasteiger charge is 2.36. The van der Waals surface area contributed by atoms with Crippen molar-refractivity contribution in [2.45, 2.75) is 70.9 Å². The van der Waals surface area contributed by atoms with Crippen LogP contribution in [0, 0.1) is 5.92 Å².